The fourth-order valence-corrected chi connectivity index (χ4v) is 3.06. The summed E-state index contributed by atoms with van der Waals surface area (Å²) in [5, 5.41) is 13.1. The van der Waals surface area contributed by atoms with Crippen LogP contribution in [-0.4, -0.2) is 11.1 Å². The number of aromatic carboxylic acids is 1. The van der Waals surface area contributed by atoms with Gasteiger partial charge in [-0.15, -0.1) is 0 Å². The standard InChI is InChI=1S/C14H10BrCl2NO2/c15-10-5-11(16)13(12(17)6-10)18-7-8-2-1-3-9(4-8)14(19)20/h1-6,18H,7H2,(H,19,20). The molecule has 0 heterocycles. The third-order valence-electron chi connectivity index (χ3n) is 2.65. The first-order chi connectivity index (χ1) is 9.47. The molecule has 0 saturated carbocycles. The lowest BCUT2D eigenvalue weighted by Gasteiger charge is -2.11. The molecule has 2 N–H and O–H groups in total. The zero-order chi connectivity index (χ0) is 14.7. The van der Waals surface area contributed by atoms with E-state index in [4.69, 9.17) is 28.3 Å². The smallest absolute Gasteiger partial charge is 0.335 e. The van der Waals surface area contributed by atoms with E-state index in [-0.39, 0.29) is 5.56 Å². The number of carboxylic acid groups (broad SMARTS) is 1. The lowest BCUT2D eigenvalue weighted by Crippen LogP contribution is -2.03. The Morgan fingerprint density at radius 1 is 1.20 bits per heavy atom. The Morgan fingerprint density at radius 2 is 1.85 bits per heavy atom. The number of benzene rings is 2. The van der Waals surface area contributed by atoms with Crippen LogP contribution in [0.25, 0.3) is 0 Å². The number of carboxylic acids is 1. The highest BCUT2D eigenvalue weighted by Crippen LogP contribution is 2.34. The van der Waals surface area contributed by atoms with Crippen molar-refractivity contribution in [3.63, 3.8) is 0 Å². The van der Waals surface area contributed by atoms with Gasteiger partial charge in [0.25, 0.3) is 0 Å². The minimum atomic E-state index is -0.952. The first-order valence-corrected chi connectivity index (χ1v) is 7.23. The molecule has 0 radical (unpaired) electrons. The maximum Gasteiger partial charge on any atom is 0.335 e. The van der Waals surface area contributed by atoms with Crippen LogP contribution in [-0.2, 0) is 6.54 Å². The van der Waals surface area contributed by atoms with E-state index in [1.54, 1.807) is 30.3 Å². The zero-order valence-corrected chi connectivity index (χ0v) is 13.3. The Bertz CT molecular complexity index is 638. The van der Waals surface area contributed by atoms with Crippen molar-refractivity contribution >= 4 is 50.8 Å². The molecule has 0 spiro atoms. The van der Waals surface area contributed by atoms with E-state index in [0.717, 1.165) is 10.0 Å². The molecule has 0 bridgehead atoms. The lowest BCUT2D eigenvalue weighted by atomic mass is 10.1. The summed E-state index contributed by atoms with van der Waals surface area (Å²) in [6.07, 6.45) is 0. The Balaban J connectivity index is 2.17. The van der Waals surface area contributed by atoms with Crippen LogP contribution in [0.5, 0.6) is 0 Å². The van der Waals surface area contributed by atoms with Crippen LogP contribution in [0, 0.1) is 0 Å². The molecule has 0 unspecified atom stereocenters. The number of halogens is 3. The Labute approximate surface area is 134 Å². The molecule has 0 aliphatic heterocycles. The van der Waals surface area contributed by atoms with Crippen molar-refractivity contribution in [2.45, 2.75) is 6.54 Å². The molecule has 2 aromatic rings. The predicted molar refractivity (Wildman–Crippen MR) is 84.9 cm³/mol. The van der Waals surface area contributed by atoms with E-state index in [0.29, 0.717) is 22.3 Å². The first kappa shape index (κ1) is 15.2. The molecule has 0 amide bonds. The fourth-order valence-electron chi connectivity index (χ4n) is 1.72. The Hall–Kier alpha value is -1.23. The molecule has 0 fully saturated rings. The summed E-state index contributed by atoms with van der Waals surface area (Å²) in [5.74, 6) is -0.952. The quantitative estimate of drug-likeness (QED) is 0.785. The molecule has 104 valence electrons. The van der Waals surface area contributed by atoms with E-state index >= 15 is 0 Å². The summed E-state index contributed by atoms with van der Waals surface area (Å²) in [6, 6.07) is 10.2. The van der Waals surface area contributed by atoms with Crippen molar-refractivity contribution in [2.75, 3.05) is 5.32 Å². The van der Waals surface area contributed by atoms with Crippen LogP contribution >= 0.6 is 39.1 Å². The Kier molecular flexibility index (Phi) is 4.91. The molecule has 2 rings (SSSR count). The maximum atomic E-state index is 10.9. The van der Waals surface area contributed by atoms with Gasteiger partial charge in [-0.2, -0.15) is 0 Å². The second-order valence-corrected chi connectivity index (χ2v) is 5.83. The number of anilines is 1. The molecular formula is C14H10BrCl2NO2. The maximum absolute atomic E-state index is 10.9. The van der Waals surface area contributed by atoms with Gasteiger partial charge in [0.2, 0.25) is 0 Å². The van der Waals surface area contributed by atoms with Crippen LogP contribution in [0.2, 0.25) is 10.0 Å². The Morgan fingerprint density at radius 3 is 2.45 bits per heavy atom. The number of hydrogen-bond acceptors (Lipinski definition) is 2. The largest absolute Gasteiger partial charge is 0.478 e. The van der Waals surface area contributed by atoms with E-state index in [1.165, 1.54) is 0 Å². The molecule has 0 saturated heterocycles. The van der Waals surface area contributed by atoms with Crippen molar-refractivity contribution in [1.82, 2.24) is 0 Å². The highest BCUT2D eigenvalue weighted by atomic mass is 79.9. The summed E-state index contributed by atoms with van der Waals surface area (Å²) >= 11 is 15.5. The first-order valence-electron chi connectivity index (χ1n) is 5.68. The van der Waals surface area contributed by atoms with Crippen molar-refractivity contribution in [1.29, 1.82) is 0 Å². The average Bonchev–Trinajstić information content (AvgIpc) is 2.37. The van der Waals surface area contributed by atoms with Crippen LogP contribution < -0.4 is 5.32 Å². The van der Waals surface area contributed by atoms with Gasteiger partial charge in [0.05, 0.1) is 21.3 Å². The van der Waals surface area contributed by atoms with Crippen molar-refractivity contribution in [3.05, 3.63) is 62.0 Å². The summed E-state index contributed by atoms with van der Waals surface area (Å²) in [6.45, 7) is 0.433. The molecule has 3 nitrogen and oxygen atoms in total. The second kappa shape index (κ2) is 6.48. The average molecular weight is 375 g/mol. The van der Waals surface area contributed by atoms with E-state index in [1.807, 2.05) is 6.07 Å². The van der Waals surface area contributed by atoms with Gasteiger partial charge in [0.15, 0.2) is 0 Å². The minimum Gasteiger partial charge on any atom is -0.478 e. The molecule has 20 heavy (non-hydrogen) atoms. The van der Waals surface area contributed by atoms with Crippen molar-refractivity contribution in [3.8, 4) is 0 Å². The van der Waals surface area contributed by atoms with Crippen molar-refractivity contribution < 1.29 is 9.90 Å². The number of hydrogen-bond donors (Lipinski definition) is 2. The van der Waals surface area contributed by atoms with Crippen LogP contribution in [0.3, 0.4) is 0 Å². The van der Waals surface area contributed by atoms with Crippen LogP contribution in [0.1, 0.15) is 15.9 Å². The highest BCUT2D eigenvalue weighted by molar-refractivity contribution is 9.10. The van der Waals surface area contributed by atoms with E-state index in [2.05, 4.69) is 21.2 Å². The number of nitrogens with one attached hydrogen (secondary N) is 1. The van der Waals surface area contributed by atoms with Gasteiger partial charge < -0.3 is 10.4 Å². The fraction of sp³-hybridized carbons (Fsp3) is 0.0714. The van der Waals surface area contributed by atoms with Gasteiger partial charge in [0.1, 0.15) is 0 Å². The highest BCUT2D eigenvalue weighted by Gasteiger charge is 2.08. The monoisotopic (exact) mass is 373 g/mol. The van der Waals surface area contributed by atoms with Gasteiger partial charge in [-0.1, -0.05) is 51.3 Å². The normalized spacial score (nSPS) is 10.3. The van der Waals surface area contributed by atoms with Gasteiger partial charge in [-0.3, -0.25) is 0 Å². The van der Waals surface area contributed by atoms with Crippen LogP contribution in [0.4, 0.5) is 5.69 Å². The molecule has 0 aliphatic rings. The van der Waals surface area contributed by atoms with Gasteiger partial charge in [-0.25, -0.2) is 4.79 Å². The molecule has 0 aromatic heterocycles. The zero-order valence-electron chi connectivity index (χ0n) is 10.2. The predicted octanol–water partition coefficient (Wildman–Crippen LogP) is 5.07. The SMILES string of the molecule is O=C(O)c1cccc(CNc2c(Cl)cc(Br)cc2Cl)c1. The molecule has 6 heteroatoms. The number of rotatable bonds is 4. The third-order valence-corrected chi connectivity index (χ3v) is 3.70. The topological polar surface area (TPSA) is 49.3 Å². The lowest BCUT2D eigenvalue weighted by molar-refractivity contribution is 0.0697. The summed E-state index contributed by atoms with van der Waals surface area (Å²) < 4.78 is 0.797. The third kappa shape index (κ3) is 3.66. The minimum absolute atomic E-state index is 0.248. The molecule has 0 atom stereocenters. The van der Waals surface area contributed by atoms with Gasteiger partial charge in [0, 0.05) is 11.0 Å². The van der Waals surface area contributed by atoms with Crippen molar-refractivity contribution in [2.24, 2.45) is 0 Å². The molecular weight excluding hydrogens is 365 g/mol. The van der Waals surface area contributed by atoms with E-state index in [9.17, 15) is 4.79 Å². The molecule has 2 aromatic carbocycles. The summed E-state index contributed by atoms with van der Waals surface area (Å²) in [7, 11) is 0. The summed E-state index contributed by atoms with van der Waals surface area (Å²) in [4.78, 5) is 10.9. The molecule has 0 aliphatic carbocycles. The van der Waals surface area contributed by atoms with Gasteiger partial charge >= 0.3 is 5.97 Å². The van der Waals surface area contributed by atoms with E-state index < -0.39 is 5.97 Å². The van der Waals surface area contributed by atoms with Gasteiger partial charge in [-0.05, 0) is 29.8 Å². The number of carbonyl (C=O) groups is 1. The van der Waals surface area contributed by atoms with Crippen LogP contribution in [0.15, 0.2) is 40.9 Å². The summed E-state index contributed by atoms with van der Waals surface area (Å²) in [5.41, 5.74) is 1.70. The second-order valence-electron chi connectivity index (χ2n) is 4.10.